The van der Waals surface area contributed by atoms with E-state index in [1.54, 1.807) is 0 Å². The summed E-state index contributed by atoms with van der Waals surface area (Å²) < 4.78 is 0. The largest absolute Gasteiger partial charge is 0.395 e. The molecule has 0 bridgehead atoms. The average Bonchev–Trinajstić information content (AvgIpc) is 2.94. The van der Waals surface area contributed by atoms with Gasteiger partial charge in [0.15, 0.2) is 0 Å². The number of hydrogen-bond acceptors (Lipinski definition) is 3. The maximum atomic E-state index is 9.22. The van der Waals surface area contributed by atoms with Crippen molar-refractivity contribution in [3.8, 4) is 0 Å². The lowest BCUT2D eigenvalue weighted by molar-refractivity contribution is 0.211. The fourth-order valence-electron chi connectivity index (χ4n) is 1.90. The van der Waals surface area contributed by atoms with Gasteiger partial charge in [-0.05, 0) is 38.8 Å². The van der Waals surface area contributed by atoms with Crippen LogP contribution in [-0.2, 0) is 0 Å². The minimum Gasteiger partial charge on any atom is -0.395 e. The second-order valence-electron chi connectivity index (χ2n) is 5.27. The predicted molar refractivity (Wildman–Crippen MR) is 64.0 cm³/mol. The quantitative estimate of drug-likeness (QED) is 0.634. The molecule has 15 heavy (non-hydrogen) atoms. The van der Waals surface area contributed by atoms with Gasteiger partial charge in [-0.1, -0.05) is 13.8 Å². The molecule has 1 unspecified atom stereocenters. The first-order chi connectivity index (χ1) is 7.11. The molecule has 1 atom stereocenters. The third-order valence-corrected chi connectivity index (χ3v) is 2.81. The van der Waals surface area contributed by atoms with Gasteiger partial charge in [0, 0.05) is 18.6 Å². The first-order valence-corrected chi connectivity index (χ1v) is 6.17. The number of rotatable bonds is 8. The van der Waals surface area contributed by atoms with Crippen LogP contribution in [0.4, 0.5) is 0 Å². The fraction of sp³-hybridized carbons (Fsp3) is 1.00. The van der Waals surface area contributed by atoms with Gasteiger partial charge in [-0.25, -0.2) is 0 Å². The van der Waals surface area contributed by atoms with E-state index in [9.17, 15) is 5.11 Å². The van der Waals surface area contributed by atoms with Crippen molar-refractivity contribution >= 4 is 0 Å². The monoisotopic (exact) mass is 214 g/mol. The van der Waals surface area contributed by atoms with Gasteiger partial charge in [0.25, 0.3) is 0 Å². The Morgan fingerprint density at radius 1 is 1.40 bits per heavy atom. The lowest BCUT2D eigenvalue weighted by atomic mass is 10.1. The number of nitrogens with zero attached hydrogens (tertiary/aromatic N) is 1. The van der Waals surface area contributed by atoms with Crippen LogP contribution in [0.1, 0.15) is 33.1 Å². The van der Waals surface area contributed by atoms with E-state index in [0.717, 1.165) is 25.4 Å². The molecule has 1 aliphatic rings. The van der Waals surface area contributed by atoms with Crippen molar-refractivity contribution in [3.63, 3.8) is 0 Å². The molecule has 3 nitrogen and oxygen atoms in total. The first-order valence-electron chi connectivity index (χ1n) is 6.17. The summed E-state index contributed by atoms with van der Waals surface area (Å²) in [4.78, 5) is 2.35. The molecule has 0 aromatic carbocycles. The molecule has 0 aromatic rings. The highest BCUT2D eigenvalue weighted by atomic mass is 16.3. The van der Waals surface area contributed by atoms with Crippen LogP contribution in [0, 0.1) is 5.92 Å². The van der Waals surface area contributed by atoms with E-state index in [2.05, 4.69) is 31.1 Å². The molecule has 1 fully saturated rings. The Bertz CT molecular complexity index is 169. The van der Waals surface area contributed by atoms with Gasteiger partial charge >= 0.3 is 0 Å². The minimum absolute atomic E-state index is 0.270. The van der Waals surface area contributed by atoms with Crippen LogP contribution in [0.2, 0.25) is 0 Å². The zero-order chi connectivity index (χ0) is 11.3. The third-order valence-electron chi connectivity index (χ3n) is 2.81. The van der Waals surface area contributed by atoms with Crippen LogP contribution in [0.3, 0.4) is 0 Å². The highest BCUT2D eigenvalue weighted by molar-refractivity contribution is 4.84. The Labute approximate surface area is 93.9 Å². The highest BCUT2D eigenvalue weighted by Gasteiger charge is 2.24. The zero-order valence-corrected chi connectivity index (χ0v) is 10.4. The number of aliphatic hydroxyl groups excluding tert-OH is 1. The molecule has 1 rings (SSSR count). The van der Waals surface area contributed by atoms with Crippen molar-refractivity contribution < 1.29 is 5.11 Å². The molecule has 1 aliphatic carbocycles. The van der Waals surface area contributed by atoms with Crippen LogP contribution < -0.4 is 5.32 Å². The summed E-state index contributed by atoms with van der Waals surface area (Å²) in [6.45, 7) is 6.96. The zero-order valence-electron chi connectivity index (χ0n) is 10.4. The third kappa shape index (κ3) is 6.13. The summed E-state index contributed by atoms with van der Waals surface area (Å²) in [5.74, 6) is 0.721. The Kier molecular flexibility index (Phi) is 5.58. The van der Waals surface area contributed by atoms with Gasteiger partial charge in [-0.15, -0.1) is 0 Å². The van der Waals surface area contributed by atoms with E-state index in [1.165, 1.54) is 12.8 Å². The first kappa shape index (κ1) is 12.9. The SMILES string of the molecule is CC(C)CN(C)CCC(CO)NC1CC1. The molecule has 0 radical (unpaired) electrons. The Morgan fingerprint density at radius 3 is 2.53 bits per heavy atom. The molecule has 0 aliphatic heterocycles. The van der Waals surface area contributed by atoms with Crippen LogP contribution in [0.25, 0.3) is 0 Å². The second-order valence-corrected chi connectivity index (χ2v) is 5.27. The standard InChI is InChI=1S/C12H26N2O/c1-10(2)8-14(3)7-6-12(9-15)13-11-4-5-11/h10-13,15H,4-9H2,1-3H3. The smallest absolute Gasteiger partial charge is 0.0585 e. The lowest BCUT2D eigenvalue weighted by Gasteiger charge is -2.22. The summed E-state index contributed by atoms with van der Waals surface area (Å²) in [5, 5.41) is 12.7. The number of nitrogens with one attached hydrogen (secondary N) is 1. The van der Waals surface area contributed by atoms with Crippen molar-refractivity contribution in [1.29, 1.82) is 0 Å². The van der Waals surface area contributed by atoms with Crippen molar-refractivity contribution in [2.45, 2.75) is 45.2 Å². The summed E-state index contributed by atoms with van der Waals surface area (Å²) in [6.07, 6.45) is 3.63. The molecule has 0 aromatic heterocycles. The molecular weight excluding hydrogens is 188 g/mol. The van der Waals surface area contributed by atoms with E-state index in [0.29, 0.717) is 12.1 Å². The molecule has 2 N–H and O–H groups in total. The van der Waals surface area contributed by atoms with Gasteiger partial charge in [-0.3, -0.25) is 0 Å². The highest BCUT2D eigenvalue weighted by Crippen LogP contribution is 2.19. The van der Waals surface area contributed by atoms with Crippen molar-refractivity contribution in [2.75, 3.05) is 26.7 Å². The van der Waals surface area contributed by atoms with E-state index >= 15 is 0 Å². The van der Waals surface area contributed by atoms with Gasteiger partial charge in [-0.2, -0.15) is 0 Å². The lowest BCUT2D eigenvalue weighted by Crippen LogP contribution is -2.37. The molecule has 0 heterocycles. The maximum Gasteiger partial charge on any atom is 0.0585 e. The van der Waals surface area contributed by atoms with Crippen molar-refractivity contribution in [3.05, 3.63) is 0 Å². The summed E-state index contributed by atoms with van der Waals surface area (Å²) in [6, 6.07) is 0.990. The summed E-state index contributed by atoms with van der Waals surface area (Å²) in [7, 11) is 2.16. The predicted octanol–water partition coefficient (Wildman–Crippen LogP) is 1.08. The maximum absolute atomic E-state index is 9.22. The topological polar surface area (TPSA) is 35.5 Å². The molecule has 0 saturated heterocycles. The Hall–Kier alpha value is -0.120. The van der Waals surface area contributed by atoms with Crippen molar-refractivity contribution in [2.24, 2.45) is 5.92 Å². The molecule has 0 spiro atoms. The van der Waals surface area contributed by atoms with Crippen LogP contribution >= 0.6 is 0 Å². The van der Waals surface area contributed by atoms with Gasteiger partial charge in [0.1, 0.15) is 0 Å². The molecule has 0 amide bonds. The molecular formula is C12H26N2O. The Morgan fingerprint density at radius 2 is 2.07 bits per heavy atom. The van der Waals surface area contributed by atoms with Gasteiger partial charge in [0.2, 0.25) is 0 Å². The van der Waals surface area contributed by atoms with Crippen LogP contribution in [-0.4, -0.2) is 48.8 Å². The molecule has 1 saturated carbocycles. The van der Waals surface area contributed by atoms with Gasteiger partial charge in [0.05, 0.1) is 6.61 Å². The summed E-state index contributed by atoms with van der Waals surface area (Å²) >= 11 is 0. The van der Waals surface area contributed by atoms with Crippen molar-refractivity contribution in [1.82, 2.24) is 10.2 Å². The number of hydrogen-bond donors (Lipinski definition) is 2. The van der Waals surface area contributed by atoms with Crippen LogP contribution in [0.5, 0.6) is 0 Å². The Balaban J connectivity index is 2.09. The van der Waals surface area contributed by atoms with Crippen LogP contribution in [0.15, 0.2) is 0 Å². The average molecular weight is 214 g/mol. The van der Waals surface area contributed by atoms with E-state index < -0.39 is 0 Å². The fourth-order valence-corrected chi connectivity index (χ4v) is 1.90. The van der Waals surface area contributed by atoms with E-state index in [-0.39, 0.29) is 6.61 Å². The van der Waals surface area contributed by atoms with E-state index in [4.69, 9.17) is 0 Å². The number of aliphatic hydroxyl groups is 1. The van der Waals surface area contributed by atoms with Gasteiger partial charge < -0.3 is 15.3 Å². The molecule has 3 heteroatoms. The normalized spacial score (nSPS) is 18.8. The summed E-state index contributed by atoms with van der Waals surface area (Å²) in [5.41, 5.74) is 0. The molecule has 90 valence electrons. The van der Waals surface area contributed by atoms with E-state index in [1.807, 2.05) is 0 Å². The second kappa shape index (κ2) is 6.46. The minimum atomic E-state index is 0.270.